The molecule has 0 radical (unpaired) electrons. The van der Waals surface area contributed by atoms with Crippen LogP contribution in [0, 0.1) is 0 Å². The molecule has 0 bridgehead atoms. The van der Waals surface area contributed by atoms with Crippen LogP contribution in [0.3, 0.4) is 0 Å². The second kappa shape index (κ2) is 4.49. The maximum atomic E-state index is 10.6. The Labute approximate surface area is 65.2 Å². The van der Waals surface area contributed by atoms with Crippen LogP contribution >= 0.6 is 0 Å². The first kappa shape index (κ1) is 9.68. The number of amides is 2. The molecule has 0 saturated heterocycles. The first-order valence-corrected chi connectivity index (χ1v) is 3.37. The summed E-state index contributed by atoms with van der Waals surface area (Å²) >= 11 is 0. The monoisotopic (exact) mass is 156 g/mol. The van der Waals surface area contributed by atoms with Gasteiger partial charge in [0.05, 0.1) is 0 Å². The van der Waals surface area contributed by atoms with E-state index in [2.05, 4.69) is 0 Å². The fraction of sp³-hybridized carbons (Fsp3) is 0.429. The van der Waals surface area contributed by atoms with Crippen molar-refractivity contribution in [2.24, 2.45) is 11.5 Å². The summed E-state index contributed by atoms with van der Waals surface area (Å²) < 4.78 is 0. The first-order valence-electron chi connectivity index (χ1n) is 3.37. The molecule has 2 amide bonds. The fourth-order valence-corrected chi connectivity index (χ4v) is 0.708. The smallest absolute Gasteiger partial charge is 0.244 e. The summed E-state index contributed by atoms with van der Waals surface area (Å²) in [6, 6.07) is 0. The van der Waals surface area contributed by atoms with Gasteiger partial charge in [0.1, 0.15) is 0 Å². The molecular formula is C7H12N2O2. The van der Waals surface area contributed by atoms with Crippen LogP contribution in [0.4, 0.5) is 0 Å². The van der Waals surface area contributed by atoms with Gasteiger partial charge in [-0.15, -0.1) is 0 Å². The Hall–Kier alpha value is -1.32. The molecule has 11 heavy (non-hydrogen) atoms. The molecule has 0 unspecified atom stereocenters. The van der Waals surface area contributed by atoms with E-state index < -0.39 is 11.8 Å². The topological polar surface area (TPSA) is 86.2 Å². The van der Waals surface area contributed by atoms with Crippen molar-refractivity contribution < 1.29 is 9.59 Å². The Morgan fingerprint density at radius 3 is 2.18 bits per heavy atom. The number of nitrogens with two attached hydrogens (primary N) is 2. The molecule has 0 aliphatic rings. The molecule has 0 aliphatic heterocycles. The zero-order chi connectivity index (χ0) is 8.85. The Balaban J connectivity index is 4.32. The third kappa shape index (κ3) is 4.13. The van der Waals surface area contributed by atoms with Crippen molar-refractivity contribution >= 4 is 11.8 Å². The Bertz CT molecular complexity index is 197. The van der Waals surface area contributed by atoms with Crippen LogP contribution in [0.15, 0.2) is 11.6 Å². The van der Waals surface area contributed by atoms with Crippen LogP contribution in [0.1, 0.15) is 19.8 Å². The zero-order valence-electron chi connectivity index (χ0n) is 6.46. The number of hydrogen-bond acceptors (Lipinski definition) is 2. The second-order valence-corrected chi connectivity index (χ2v) is 2.19. The standard InChI is InChI=1S/C7H12N2O2/c1-2-3-5(7(9)11)4-6(8)10/h4H,2-3H2,1H3,(H2,8,10)(H2,9,11)/b5-4+. The largest absolute Gasteiger partial charge is 0.366 e. The quantitative estimate of drug-likeness (QED) is 0.547. The van der Waals surface area contributed by atoms with Gasteiger partial charge in [-0.25, -0.2) is 0 Å². The zero-order valence-corrected chi connectivity index (χ0v) is 6.46. The summed E-state index contributed by atoms with van der Waals surface area (Å²) in [7, 11) is 0. The van der Waals surface area contributed by atoms with Gasteiger partial charge in [0, 0.05) is 11.6 Å². The number of primary amides is 2. The van der Waals surface area contributed by atoms with Gasteiger partial charge in [-0.05, 0) is 6.42 Å². The van der Waals surface area contributed by atoms with Crippen molar-refractivity contribution in [3.8, 4) is 0 Å². The molecule has 0 aromatic carbocycles. The van der Waals surface area contributed by atoms with Crippen LogP contribution in [-0.2, 0) is 9.59 Å². The summed E-state index contributed by atoms with van der Waals surface area (Å²) in [6.45, 7) is 1.89. The molecule has 4 heteroatoms. The third-order valence-electron chi connectivity index (χ3n) is 1.15. The van der Waals surface area contributed by atoms with Crippen LogP contribution in [-0.4, -0.2) is 11.8 Å². The summed E-state index contributed by atoms with van der Waals surface area (Å²) in [4.78, 5) is 20.9. The highest BCUT2D eigenvalue weighted by molar-refractivity contribution is 5.99. The minimum absolute atomic E-state index is 0.292. The van der Waals surface area contributed by atoms with Crippen LogP contribution in [0.5, 0.6) is 0 Å². The van der Waals surface area contributed by atoms with Crippen molar-refractivity contribution in [3.05, 3.63) is 11.6 Å². The van der Waals surface area contributed by atoms with Gasteiger partial charge in [0.2, 0.25) is 11.8 Å². The molecule has 0 aromatic heterocycles. The van der Waals surface area contributed by atoms with E-state index in [1.165, 1.54) is 0 Å². The molecule has 0 saturated carbocycles. The number of hydrogen-bond donors (Lipinski definition) is 2. The molecule has 62 valence electrons. The maximum absolute atomic E-state index is 10.6. The van der Waals surface area contributed by atoms with Crippen LogP contribution in [0.25, 0.3) is 0 Å². The Morgan fingerprint density at radius 2 is 1.91 bits per heavy atom. The van der Waals surface area contributed by atoms with Crippen molar-refractivity contribution in [1.29, 1.82) is 0 Å². The van der Waals surface area contributed by atoms with Gasteiger partial charge in [-0.2, -0.15) is 0 Å². The molecular weight excluding hydrogens is 144 g/mol. The minimum Gasteiger partial charge on any atom is -0.366 e. The van der Waals surface area contributed by atoms with Gasteiger partial charge >= 0.3 is 0 Å². The first-order chi connectivity index (χ1) is 5.07. The van der Waals surface area contributed by atoms with E-state index in [1.54, 1.807) is 0 Å². The fourth-order valence-electron chi connectivity index (χ4n) is 0.708. The maximum Gasteiger partial charge on any atom is 0.244 e. The van der Waals surface area contributed by atoms with Crippen molar-refractivity contribution in [3.63, 3.8) is 0 Å². The predicted octanol–water partition coefficient (Wildman–Crippen LogP) is -0.317. The van der Waals surface area contributed by atoms with Crippen molar-refractivity contribution in [2.75, 3.05) is 0 Å². The van der Waals surface area contributed by atoms with Gasteiger partial charge in [-0.3, -0.25) is 9.59 Å². The highest BCUT2D eigenvalue weighted by Crippen LogP contribution is 2.02. The van der Waals surface area contributed by atoms with Crippen molar-refractivity contribution in [1.82, 2.24) is 0 Å². The number of carbonyl (C=O) groups excluding carboxylic acids is 2. The van der Waals surface area contributed by atoms with E-state index >= 15 is 0 Å². The van der Waals surface area contributed by atoms with E-state index in [-0.39, 0.29) is 0 Å². The summed E-state index contributed by atoms with van der Waals surface area (Å²) in [6.07, 6.45) is 2.34. The molecule has 0 rings (SSSR count). The highest BCUT2D eigenvalue weighted by atomic mass is 16.1. The normalized spacial score (nSPS) is 11.2. The van der Waals surface area contributed by atoms with E-state index in [9.17, 15) is 9.59 Å². The lowest BCUT2D eigenvalue weighted by Gasteiger charge is -1.97. The second-order valence-electron chi connectivity index (χ2n) is 2.19. The Morgan fingerprint density at radius 1 is 1.36 bits per heavy atom. The lowest BCUT2D eigenvalue weighted by Crippen LogP contribution is -2.17. The summed E-state index contributed by atoms with van der Waals surface area (Å²) in [5.41, 5.74) is 10.1. The SMILES string of the molecule is CCC/C(=C\C(N)=O)C(N)=O. The van der Waals surface area contributed by atoms with Gasteiger partial charge in [0.15, 0.2) is 0 Å². The number of rotatable bonds is 4. The summed E-state index contributed by atoms with van der Waals surface area (Å²) in [5.74, 6) is -1.21. The van der Waals surface area contributed by atoms with Crippen molar-refractivity contribution in [2.45, 2.75) is 19.8 Å². The van der Waals surface area contributed by atoms with Crippen LogP contribution < -0.4 is 11.5 Å². The molecule has 0 heterocycles. The average Bonchev–Trinajstić information content (AvgIpc) is 1.86. The molecule has 0 aromatic rings. The number of carbonyl (C=O) groups is 2. The van der Waals surface area contributed by atoms with Gasteiger partial charge < -0.3 is 11.5 Å². The Kier molecular flexibility index (Phi) is 3.95. The lowest BCUT2D eigenvalue weighted by atomic mass is 10.1. The molecule has 4 nitrogen and oxygen atoms in total. The van der Waals surface area contributed by atoms with E-state index in [1.807, 2.05) is 6.92 Å². The van der Waals surface area contributed by atoms with Gasteiger partial charge in [-0.1, -0.05) is 13.3 Å². The lowest BCUT2D eigenvalue weighted by molar-refractivity contribution is -0.116. The van der Waals surface area contributed by atoms with E-state index in [0.29, 0.717) is 12.0 Å². The molecule has 0 aliphatic carbocycles. The average molecular weight is 156 g/mol. The summed E-state index contributed by atoms with van der Waals surface area (Å²) in [5, 5.41) is 0. The molecule has 0 spiro atoms. The predicted molar refractivity (Wildman–Crippen MR) is 41.4 cm³/mol. The van der Waals surface area contributed by atoms with Gasteiger partial charge in [0.25, 0.3) is 0 Å². The third-order valence-corrected chi connectivity index (χ3v) is 1.15. The highest BCUT2D eigenvalue weighted by Gasteiger charge is 2.03. The van der Waals surface area contributed by atoms with Crippen LogP contribution in [0.2, 0.25) is 0 Å². The molecule has 0 atom stereocenters. The van der Waals surface area contributed by atoms with E-state index in [0.717, 1.165) is 12.5 Å². The minimum atomic E-state index is -0.632. The molecule has 4 N–H and O–H groups in total. The van der Waals surface area contributed by atoms with E-state index in [4.69, 9.17) is 11.5 Å². The molecule has 0 fully saturated rings.